The first-order valence-electron chi connectivity index (χ1n) is 8.48. The van der Waals surface area contributed by atoms with Crippen LogP contribution in [-0.4, -0.2) is 41.2 Å². The zero-order valence-corrected chi connectivity index (χ0v) is 16.9. The van der Waals surface area contributed by atoms with Crippen LogP contribution in [0.5, 0.6) is 0 Å². The van der Waals surface area contributed by atoms with E-state index in [4.69, 9.17) is 0 Å². The minimum Gasteiger partial charge on any atom is -0.464 e. The van der Waals surface area contributed by atoms with Crippen LogP contribution in [0, 0.1) is 5.92 Å². The van der Waals surface area contributed by atoms with Crippen molar-refractivity contribution in [2.24, 2.45) is 5.92 Å². The summed E-state index contributed by atoms with van der Waals surface area (Å²) in [6.07, 6.45) is 0.928. The van der Waals surface area contributed by atoms with E-state index in [1.165, 1.54) is 30.2 Å². The maximum atomic E-state index is 12.7. The molecule has 5 nitrogen and oxygen atoms in total. The first kappa shape index (κ1) is 20.5. The standard InChI is InChI=1S/C19H24N2O3S2/c1-14(2)9-10-21(11-17-20-16(12-26-17)19(23)24-3)18(22)13-25-15-7-5-4-6-8-15/h4-8,12,14H,9-11,13H2,1-3H3. The average Bonchev–Trinajstić information content (AvgIpc) is 3.11. The number of carbonyl (C=O) groups excluding carboxylic acids is 2. The number of amides is 1. The molecule has 1 heterocycles. The van der Waals surface area contributed by atoms with E-state index in [2.05, 4.69) is 23.6 Å². The second-order valence-electron chi connectivity index (χ2n) is 6.22. The van der Waals surface area contributed by atoms with Gasteiger partial charge in [0.15, 0.2) is 5.69 Å². The smallest absolute Gasteiger partial charge is 0.357 e. The molecule has 0 saturated carbocycles. The van der Waals surface area contributed by atoms with Gasteiger partial charge in [0.05, 0.1) is 19.4 Å². The lowest BCUT2D eigenvalue weighted by Crippen LogP contribution is -2.33. The molecule has 140 valence electrons. The molecule has 7 heteroatoms. The van der Waals surface area contributed by atoms with Gasteiger partial charge in [0.1, 0.15) is 5.01 Å². The molecule has 0 aliphatic rings. The van der Waals surface area contributed by atoms with E-state index in [-0.39, 0.29) is 5.91 Å². The summed E-state index contributed by atoms with van der Waals surface area (Å²) in [5, 5.41) is 2.41. The van der Waals surface area contributed by atoms with Crippen LogP contribution in [0.15, 0.2) is 40.6 Å². The van der Waals surface area contributed by atoms with Gasteiger partial charge in [-0.05, 0) is 24.5 Å². The molecule has 1 aromatic carbocycles. The Balaban J connectivity index is 2.00. The van der Waals surface area contributed by atoms with Gasteiger partial charge in [0, 0.05) is 16.8 Å². The molecule has 0 bridgehead atoms. The van der Waals surface area contributed by atoms with E-state index in [1.807, 2.05) is 35.2 Å². The van der Waals surface area contributed by atoms with E-state index in [0.29, 0.717) is 30.5 Å². The van der Waals surface area contributed by atoms with Crippen LogP contribution in [-0.2, 0) is 16.1 Å². The maximum absolute atomic E-state index is 12.7. The van der Waals surface area contributed by atoms with Crippen LogP contribution in [0.3, 0.4) is 0 Å². The quantitative estimate of drug-likeness (QED) is 0.475. The third-order valence-electron chi connectivity index (χ3n) is 3.71. The van der Waals surface area contributed by atoms with Gasteiger partial charge < -0.3 is 9.64 Å². The van der Waals surface area contributed by atoms with Gasteiger partial charge in [-0.15, -0.1) is 23.1 Å². The van der Waals surface area contributed by atoms with Crippen LogP contribution in [0.2, 0.25) is 0 Å². The minimum absolute atomic E-state index is 0.0781. The number of thioether (sulfide) groups is 1. The Morgan fingerprint density at radius 1 is 1.27 bits per heavy atom. The molecule has 0 radical (unpaired) electrons. The largest absolute Gasteiger partial charge is 0.464 e. The summed E-state index contributed by atoms with van der Waals surface area (Å²) in [6, 6.07) is 9.89. The number of ether oxygens (including phenoxy) is 1. The zero-order valence-electron chi connectivity index (χ0n) is 15.3. The van der Waals surface area contributed by atoms with Gasteiger partial charge in [0.2, 0.25) is 5.91 Å². The lowest BCUT2D eigenvalue weighted by molar-refractivity contribution is -0.129. The third kappa shape index (κ3) is 6.46. The Labute approximate surface area is 162 Å². The fraction of sp³-hybridized carbons (Fsp3) is 0.421. The number of rotatable bonds is 9. The van der Waals surface area contributed by atoms with Crippen LogP contribution in [0.1, 0.15) is 35.8 Å². The van der Waals surface area contributed by atoms with E-state index >= 15 is 0 Å². The molecule has 2 rings (SSSR count). The lowest BCUT2D eigenvalue weighted by Gasteiger charge is -2.22. The van der Waals surface area contributed by atoms with Gasteiger partial charge in [-0.25, -0.2) is 9.78 Å². The Bertz CT molecular complexity index is 717. The number of hydrogen-bond acceptors (Lipinski definition) is 6. The number of thiazole rings is 1. The summed E-state index contributed by atoms with van der Waals surface area (Å²) in [4.78, 5) is 31.5. The highest BCUT2D eigenvalue weighted by Crippen LogP contribution is 2.20. The highest BCUT2D eigenvalue weighted by molar-refractivity contribution is 8.00. The molecule has 2 aromatic rings. The van der Waals surface area contributed by atoms with Crippen molar-refractivity contribution in [3.8, 4) is 0 Å². The number of hydrogen-bond donors (Lipinski definition) is 0. The molecule has 0 saturated heterocycles. The zero-order chi connectivity index (χ0) is 18.9. The topological polar surface area (TPSA) is 59.5 Å². The Morgan fingerprint density at radius 2 is 2.00 bits per heavy atom. The predicted octanol–water partition coefficient (Wildman–Crippen LogP) is 4.10. The molecule has 26 heavy (non-hydrogen) atoms. The molecule has 0 fully saturated rings. The summed E-state index contributed by atoms with van der Waals surface area (Å²) in [6.45, 7) is 5.38. The molecule has 0 atom stereocenters. The number of methoxy groups -OCH3 is 1. The van der Waals surface area contributed by atoms with Gasteiger partial charge in [0.25, 0.3) is 0 Å². The van der Waals surface area contributed by atoms with Gasteiger partial charge in [-0.1, -0.05) is 32.0 Å². The van der Waals surface area contributed by atoms with Crippen molar-refractivity contribution < 1.29 is 14.3 Å². The SMILES string of the molecule is COC(=O)c1csc(CN(CCC(C)C)C(=O)CSc2ccccc2)n1. The Morgan fingerprint density at radius 3 is 2.65 bits per heavy atom. The van der Waals surface area contributed by atoms with Crippen molar-refractivity contribution in [1.82, 2.24) is 9.88 Å². The monoisotopic (exact) mass is 392 g/mol. The normalized spacial score (nSPS) is 10.8. The molecule has 0 N–H and O–H groups in total. The predicted molar refractivity (Wildman–Crippen MR) is 105 cm³/mol. The highest BCUT2D eigenvalue weighted by atomic mass is 32.2. The van der Waals surface area contributed by atoms with Crippen LogP contribution in [0.25, 0.3) is 0 Å². The van der Waals surface area contributed by atoms with Crippen molar-refractivity contribution in [3.63, 3.8) is 0 Å². The van der Waals surface area contributed by atoms with Crippen molar-refractivity contribution in [1.29, 1.82) is 0 Å². The van der Waals surface area contributed by atoms with Crippen LogP contribution >= 0.6 is 23.1 Å². The van der Waals surface area contributed by atoms with Crippen molar-refractivity contribution in [2.45, 2.75) is 31.7 Å². The highest BCUT2D eigenvalue weighted by Gasteiger charge is 2.18. The fourth-order valence-corrected chi connectivity index (χ4v) is 3.80. The summed E-state index contributed by atoms with van der Waals surface area (Å²) in [7, 11) is 1.33. The first-order valence-corrected chi connectivity index (χ1v) is 10.3. The van der Waals surface area contributed by atoms with Gasteiger partial charge >= 0.3 is 5.97 Å². The molecule has 0 spiro atoms. The average molecular weight is 393 g/mol. The van der Waals surface area contributed by atoms with E-state index < -0.39 is 5.97 Å². The van der Waals surface area contributed by atoms with E-state index in [0.717, 1.165) is 16.3 Å². The van der Waals surface area contributed by atoms with E-state index in [1.54, 1.807) is 5.38 Å². The molecule has 1 aromatic heterocycles. The summed E-state index contributed by atoms with van der Waals surface area (Å²) < 4.78 is 4.69. The molecular formula is C19H24N2O3S2. The molecule has 0 unspecified atom stereocenters. The van der Waals surface area contributed by atoms with Crippen LogP contribution < -0.4 is 0 Å². The number of nitrogens with zero attached hydrogens (tertiary/aromatic N) is 2. The van der Waals surface area contributed by atoms with Gasteiger partial charge in [-0.2, -0.15) is 0 Å². The van der Waals surface area contributed by atoms with Crippen molar-refractivity contribution >= 4 is 35.0 Å². The second kappa shape index (κ2) is 10.3. The second-order valence-corrected chi connectivity index (χ2v) is 8.21. The summed E-state index contributed by atoms with van der Waals surface area (Å²) in [5.41, 5.74) is 0.294. The molecule has 1 amide bonds. The number of benzene rings is 1. The molecular weight excluding hydrogens is 368 g/mol. The lowest BCUT2D eigenvalue weighted by atomic mass is 10.1. The Kier molecular flexibility index (Phi) is 8.12. The molecule has 0 aliphatic carbocycles. The van der Waals surface area contributed by atoms with Crippen LogP contribution in [0.4, 0.5) is 0 Å². The summed E-state index contributed by atoms with van der Waals surface area (Å²) >= 11 is 2.91. The summed E-state index contributed by atoms with van der Waals surface area (Å²) in [5.74, 6) is 0.521. The maximum Gasteiger partial charge on any atom is 0.357 e. The molecule has 0 aliphatic heterocycles. The van der Waals surface area contributed by atoms with Crippen molar-refractivity contribution in [2.75, 3.05) is 19.4 Å². The minimum atomic E-state index is -0.452. The Hall–Kier alpha value is -1.86. The third-order valence-corrected chi connectivity index (χ3v) is 5.54. The van der Waals surface area contributed by atoms with E-state index in [9.17, 15) is 9.59 Å². The first-order chi connectivity index (χ1) is 12.5. The number of aromatic nitrogens is 1. The van der Waals surface area contributed by atoms with Crippen molar-refractivity contribution in [3.05, 3.63) is 46.4 Å². The fourth-order valence-electron chi connectivity index (χ4n) is 2.20. The van der Waals surface area contributed by atoms with Gasteiger partial charge in [-0.3, -0.25) is 4.79 Å². The number of carbonyl (C=O) groups is 2. The number of esters is 1.